The summed E-state index contributed by atoms with van der Waals surface area (Å²) in [6, 6.07) is 0. The van der Waals surface area contributed by atoms with Gasteiger partial charge in [0.25, 0.3) is 0 Å². The Kier molecular flexibility index (Phi) is 5.51. The second kappa shape index (κ2) is 5.56. The largest absolute Gasteiger partial charge is 0.396 e. The van der Waals surface area contributed by atoms with Crippen LogP contribution in [0.15, 0.2) is 0 Å². The Labute approximate surface area is 70.0 Å². The first-order valence-corrected chi connectivity index (χ1v) is 4.44. The van der Waals surface area contributed by atoms with Crippen molar-refractivity contribution >= 4 is 0 Å². The monoisotopic (exact) mass is 159 g/mol. The number of hydrogen-bond donors (Lipinski definition) is 2. The highest BCUT2D eigenvalue weighted by Crippen LogP contribution is 2.17. The second-order valence-electron chi connectivity index (χ2n) is 3.77. The van der Waals surface area contributed by atoms with Gasteiger partial charge in [0.05, 0.1) is 0 Å². The van der Waals surface area contributed by atoms with E-state index in [2.05, 4.69) is 26.1 Å². The molecule has 2 nitrogen and oxygen atoms in total. The predicted octanol–water partition coefficient (Wildman–Crippen LogP) is 1.39. The highest BCUT2D eigenvalue weighted by molar-refractivity contribution is 4.68. The first kappa shape index (κ1) is 10.9. The molecule has 0 saturated carbocycles. The summed E-state index contributed by atoms with van der Waals surface area (Å²) in [5.41, 5.74) is 0.398. The van der Waals surface area contributed by atoms with Gasteiger partial charge in [0, 0.05) is 13.2 Å². The van der Waals surface area contributed by atoms with Gasteiger partial charge in [-0.05, 0) is 24.8 Å². The minimum absolute atomic E-state index is 0.291. The van der Waals surface area contributed by atoms with Crippen LogP contribution in [0.4, 0.5) is 0 Å². The standard InChI is InChI=1S/C9H21NO/c1-4-9(2,3)8-10-6-5-7-11/h10-11H,4-8H2,1-3H3. The van der Waals surface area contributed by atoms with E-state index in [9.17, 15) is 0 Å². The van der Waals surface area contributed by atoms with Gasteiger partial charge in [-0.2, -0.15) is 0 Å². The molecule has 2 N–H and O–H groups in total. The molecule has 0 fully saturated rings. The molecule has 0 aromatic carbocycles. The molecule has 0 spiro atoms. The van der Waals surface area contributed by atoms with Crippen molar-refractivity contribution in [2.45, 2.75) is 33.6 Å². The lowest BCUT2D eigenvalue weighted by atomic mass is 9.90. The van der Waals surface area contributed by atoms with E-state index in [1.807, 2.05) is 0 Å². The van der Waals surface area contributed by atoms with Crippen molar-refractivity contribution in [2.75, 3.05) is 19.7 Å². The van der Waals surface area contributed by atoms with Gasteiger partial charge in [-0.3, -0.25) is 0 Å². The molecule has 0 aliphatic carbocycles. The molecule has 0 atom stereocenters. The van der Waals surface area contributed by atoms with Crippen molar-refractivity contribution in [2.24, 2.45) is 5.41 Å². The van der Waals surface area contributed by atoms with Crippen molar-refractivity contribution in [1.29, 1.82) is 0 Å². The van der Waals surface area contributed by atoms with Crippen LogP contribution in [-0.2, 0) is 0 Å². The van der Waals surface area contributed by atoms with Crippen LogP contribution in [0, 0.1) is 5.41 Å². The van der Waals surface area contributed by atoms with E-state index in [0.29, 0.717) is 12.0 Å². The van der Waals surface area contributed by atoms with Gasteiger partial charge in [-0.25, -0.2) is 0 Å². The third-order valence-electron chi connectivity index (χ3n) is 2.07. The molecule has 0 bridgehead atoms. The van der Waals surface area contributed by atoms with Crippen LogP contribution in [0.25, 0.3) is 0 Å². The maximum Gasteiger partial charge on any atom is 0.0443 e. The topological polar surface area (TPSA) is 32.3 Å². The van der Waals surface area contributed by atoms with E-state index >= 15 is 0 Å². The Bertz CT molecular complexity index is 91.6. The van der Waals surface area contributed by atoms with Crippen molar-refractivity contribution in [3.05, 3.63) is 0 Å². The summed E-state index contributed by atoms with van der Waals surface area (Å²) in [6.07, 6.45) is 2.05. The zero-order valence-corrected chi connectivity index (χ0v) is 7.98. The third-order valence-corrected chi connectivity index (χ3v) is 2.07. The van der Waals surface area contributed by atoms with Crippen LogP contribution in [0.1, 0.15) is 33.6 Å². The molecular weight excluding hydrogens is 138 g/mol. The van der Waals surface area contributed by atoms with Gasteiger partial charge in [0.2, 0.25) is 0 Å². The average Bonchev–Trinajstić information content (AvgIpc) is 1.99. The summed E-state index contributed by atoms with van der Waals surface area (Å²) in [4.78, 5) is 0. The lowest BCUT2D eigenvalue weighted by Crippen LogP contribution is -2.29. The van der Waals surface area contributed by atoms with Crippen LogP contribution in [0.5, 0.6) is 0 Å². The van der Waals surface area contributed by atoms with Crippen molar-refractivity contribution in [1.82, 2.24) is 5.32 Å². The molecule has 11 heavy (non-hydrogen) atoms. The molecule has 0 amide bonds. The van der Waals surface area contributed by atoms with Crippen LogP contribution in [-0.4, -0.2) is 24.8 Å². The molecule has 2 heteroatoms. The second-order valence-corrected chi connectivity index (χ2v) is 3.77. The number of nitrogens with one attached hydrogen (secondary N) is 1. The van der Waals surface area contributed by atoms with Crippen molar-refractivity contribution in [3.8, 4) is 0 Å². The van der Waals surface area contributed by atoms with E-state index in [0.717, 1.165) is 19.5 Å². The quantitative estimate of drug-likeness (QED) is 0.574. The zero-order chi connectivity index (χ0) is 8.74. The van der Waals surface area contributed by atoms with E-state index < -0.39 is 0 Å². The summed E-state index contributed by atoms with van der Waals surface area (Å²) < 4.78 is 0. The van der Waals surface area contributed by atoms with Crippen LogP contribution < -0.4 is 5.32 Å². The molecule has 0 unspecified atom stereocenters. The van der Waals surface area contributed by atoms with Gasteiger partial charge in [-0.1, -0.05) is 20.8 Å². The number of rotatable bonds is 6. The van der Waals surface area contributed by atoms with Crippen LogP contribution in [0.2, 0.25) is 0 Å². The Morgan fingerprint density at radius 2 is 2.00 bits per heavy atom. The molecule has 0 aliphatic heterocycles. The van der Waals surface area contributed by atoms with Gasteiger partial charge < -0.3 is 10.4 Å². The molecular formula is C9H21NO. The zero-order valence-electron chi connectivity index (χ0n) is 7.98. The number of hydrogen-bond acceptors (Lipinski definition) is 2. The number of aliphatic hydroxyl groups excluding tert-OH is 1. The minimum Gasteiger partial charge on any atom is -0.396 e. The lowest BCUT2D eigenvalue weighted by molar-refractivity contribution is 0.275. The van der Waals surface area contributed by atoms with E-state index in [-0.39, 0.29) is 0 Å². The molecule has 0 aromatic heterocycles. The van der Waals surface area contributed by atoms with Gasteiger partial charge in [0.1, 0.15) is 0 Å². The first-order chi connectivity index (χ1) is 5.12. The van der Waals surface area contributed by atoms with E-state index in [1.54, 1.807) is 0 Å². The normalized spacial score (nSPS) is 12.0. The molecule has 0 rings (SSSR count). The molecule has 0 aliphatic rings. The molecule has 0 heterocycles. The maximum absolute atomic E-state index is 8.51. The maximum atomic E-state index is 8.51. The average molecular weight is 159 g/mol. The SMILES string of the molecule is CCC(C)(C)CNCCCO. The van der Waals surface area contributed by atoms with Crippen molar-refractivity contribution < 1.29 is 5.11 Å². The van der Waals surface area contributed by atoms with Crippen LogP contribution in [0.3, 0.4) is 0 Å². The van der Waals surface area contributed by atoms with Gasteiger partial charge in [-0.15, -0.1) is 0 Å². The third kappa shape index (κ3) is 6.32. The van der Waals surface area contributed by atoms with Crippen molar-refractivity contribution in [3.63, 3.8) is 0 Å². The van der Waals surface area contributed by atoms with Crippen LogP contribution >= 0.6 is 0 Å². The highest BCUT2D eigenvalue weighted by Gasteiger charge is 2.13. The summed E-state index contributed by atoms with van der Waals surface area (Å²) in [5.74, 6) is 0. The van der Waals surface area contributed by atoms with Gasteiger partial charge >= 0.3 is 0 Å². The Hall–Kier alpha value is -0.0800. The summed E-state index contributed by atoms with van der Waals surface area (Å²) in [6.45, 7) is 8.97. The Balaban J connectivity index is 3.23. The molecule has 0 saturated heterocycles. The fourth-order valence-electron chi connectivity index (χ4n) is 0.756. The minimum atomic E-state index is 0.291. The predicted molar refractivity (Wildman–Crippen MR) is 48.6 cm³/mol. The summed E-state index contributed by atoms with van der Waals surface area (Å²) in [7, 11) is 0. The van der Waals surface area contributed by atoms with E-state index in [1.165, 1.54) is 6.42 Å². The smallest absolute Gasteiger partial charge is 0.0443 e. The van der Waals surface area contributed by atoms with Gasteiger partial charge in [0.15, 0.2) is 0 Å². The fourth-order valence-corrected chi connectivity index (χ4v) is 0.756. The first-order valence-electron chi connectivity index (χ1n) is 4.44. The number of aliphatic hydroxyl groups is 1. The Morgan fingerprint density at radius 1 is 1.36 bits per heavy atom. The highest BCUT2D eigenvalue weighted by atomic mass is 16.3. The molecule has 68 valence electrons. The fraction of sp³-hybridized carbons (Fsp3) is 1.00. The summed E-state index contributed by atoms with van der Waals surface area (Å²) >= 11 is 0. The Morgan fingerprint density at radius 3 is 2.45 bits per heavy atom. The molecule has 0 aromatic rings. The van der Waals surface area contributed by atoms with E-state index in [4.69, 9.17) is 5.11 Å². The summed E-state index contributed by atoms with van der Waals surface area (Å²) in [5, 5.41) is 11.8. The lowest BCUT2D eigenvalue weighted by Gasteiger charge is -2.22. The molecule has 0 radical (unpaired) electrons.